The second kappa shape index (κ2) is 8.23. The van der Waals surface area contributed by atoms with Crippen LogP contribution in [0.4, 0.5) is 0 Å². The predicted octanol–water partition coefficient (Wildman–Crippen LogP) is 4.26. The van der Waals surface area contributed by atoms with Gasteiger partial charge in [-0.05, 0) is 57.7 Å². The van der Waals surface area contributed by atoms with Crippen LogP contribution in [0.15, 0.2) is 24.4 Å². The zero-order chi connectivity index (χ0) is 18.7. The van der Waals surface area contributed by atoms with Crippen molar-refractivity contribution in [1.29, 1.82) is 0 Å². The maximum atomic E-state index is 12.6. The van der Waals surface area contributed by atoms with Gasteiger partial charge in [-0.25, -0.2) is 4.68 Å². The number of carbonyl (C=O) groups excluding carboxylic acids is 1. The molecule has 0 unspecified atom stereocenters. The van der Waals surface area contributed by atoms with Gasteiger partial charge in [0.25, 0.3) is 5.91 Å². The Morgan fingerprint density at radius 1 is 1.42 bits per heavy atom. The summed E-state index contributed by atoms with van der Waals surface area (Å²) in [5, 5.41) is 8.17. The van der Waals surface area contributed by atoms with Gasteiger partial charge in [0.1, 0.15) is 0 Å². The van der Waals surface area contributed by atoms with Gasteiger partial charge in [-0.3, -0.25) is 4.79 Å². The molecule has 1 amide bonds. The minimum absolute atomic E-state index is 0.0686. The first-order valence-corrected chi connectivity index (χ1v) is 9.59. The average molecular weight is 376 g/mol. The van der Waals surface area contributed by atoms with Crippen molar-refractivity contribution in [1.82, 2.24) is 15.1 Å². The number of benzene rings is 1. The van der Waals surface area contributed by atoms with E-state index in [1.807, 2.05) is 43.7 Å². The fourth-order valence-electron chi connectivity index (χ4n) is 2.89. The third kappa shape index (κ3) is 4.46. The molecule has 1 aliphatic carbocycles. The van der Waals surface area contributed by atoms with Crippen LogP contribution in [0, 0.1) is 6.92 Å². The monoisotopic (exact) mass is 375 g/mol. The first kappa shape index (κ1) is 18.9. The largest absolute Gasteiger partial charge is 0.379 e. The average Bonchev–Trinajstić information content (AvgIpc) is 3.34. The zero-order valence-electron chi connectivity index (χ0n) is 15.6. The summed E-state index contributed by atoms with van der Waals surface area (Å²) in [5.74, 6) is 0.323. The lowest BCUT2D eigenvalue weighted by Crippen LogP contribution is -2.26. The first-order chi connectivity index (χ1) is 12.5. The molecule has 0 bridgehead atoms. The standard InChI is InChI=1S/C20H26ClN3O2/c1-13(2)26-10-4-9-22-20(25)17-12-23-24(19(17)15-6-7-15)16-8-5-14(3)18(21)11-16/h5,8,11-13,15H,4,6-7,9-10H2,1-3H3,(H,22,25). The highest BCUT2D eigenvalue weighted by Gasteiger charge is 2.32. The third-order valence-electron chi connectivity index (χ3n) is 4.47. The molecule has 26 heavy (non-hydrogen) atoms. The third-order valence-corrected chi connectivity index (χ3v) is 4.88. The maximum absolute atomic E-state index is 12.6. The van der Waals surface area contributed by atoms with Crippen molar-refractivity contribution < 1.29 is 9.53 Å². The van der Waals surface area contributed by atoms with Crippen LogP contribution in [-0.4, -0.2) is 34.9 Å². The summed E-state index contributed by atoms with van der Waals surface area (Å²) in [7, 11) is 0. The van der Waals surface area contributed by atoms with Gasteiger partial charge in [0.15, 0.2) is 0 Å². The van der Waals surface area contributed by atoms with Gasteiger partial charge in [-0.1, -0.05) is 17.7 Å². The molecule has 1 fully saturated rings. The summed E-state index contributed by atoms with van der Waals surface area (Å²) in [5.41, 5.74) is 3.57. The Labute approximate surface area is 159 Å². The summed E-state index contributed by atoms with van der Waals surface area (Å²) in [6.07, 6.45) is 4.86. The number of ether oxygens (including phenoxy) is 1. The lowest BCUT2D eigenvalue weighted by Gasteiger charge is -2.11. The summed E-state index contributed by atoms with van der Waals surface area (Å²) < 4.78 is 7.36. The first-order valence-electron chi connectivity index (χ1n) is 9.21. The molecule has 0 aliphatic heterocycles. The predicted molar refractivity (Wildman–Crippen MR) is 103 cm³/mol. The molecule has 1 aliphatic rings. The van der Waals surface area contributed by atoms with Gasteiger partial charge in [0, 0.05) is 24.1 Å². The number of carbonyl (C=O) groups is 1. The number of rotatable bonds is 8. The van der Waals surface area contributed by atoms with Crippen LogP contribution in [0.5, 0.6) is 0 Å². The van der Waals surface area contributed by atoms with Crippen LogP contribution in [-0.2, 0) is 4.74 Å². The Kier molecular flexibility index (Phi) is 5.99. The van der Waals surface area contributed by atoms with Crippen molar-refractivity contribution in [3.8, 4) is 5.69 Å². The number of amides is 1. The molecule has 1 N–H and O–H groups in total. The minimum Gasteiger partial charge on any atom is -0.379 e. The Morgan fingerprint density at radius 2 is 2.19 bits per heavy atom. The van der Waals surface area contributed by atoms with Crippen molar-refractivity contribution in [2.45, 2.75) is 52.1 Å². The van der Waals surface area contributed by atoms with E-state index in [0.717, 1.165) is 36.2 Å². The Balaban J connectivity index is 1.73. The molecule has 1 aromatic heterocycles. The Bertz CT molecular complexity index is 781. The van der Waals surface area contributed by atoms with Gasteiger partial charge in [-0.2, -0.15) is 5.10 Å². The molecular formula is C20H26ClN3O2. The number of aromatic nitrogens is 2. The van der Waals surface area contributed by atoms with E-state index >= 15 is 0 Å². The number of nitrogens with zero attached hydrogens (tertiary/aromatic N) is 2. The molecule has 0 spiro atoms. The number of aryl methyl sites for hydroxylation is 1. The summed E-state index contributed by atoms with van der Waals surface area (Å²) in [6.45, 7) is 7.23. The number of hydrogen-bond acceptors (Lipinski definition) is 3. The molecule has 0 atom stereocenters. The van der Waals surface area contributed by atoms with E-state index in [1.165, 1.54) is 0 Å². The van der Waals surface area contributed by atoms with Gasteiger partial charge >= 0.3 is 0 Å². The summed E-state index contributed by atoms with van der Waals surface area (Å²) in [4.78, 5) is 12.6. The van der Waals surface area contributed by atoms with Crippen LogP contribution < -0.4 is 5.32 Å². The normalized spacial score (nSPS) is 14.0. The van der Waals surface area contributed by atoms with E-state index < -0.39 is 0 Å². The molecular weight excluding hydrogens is 350 g/mol. The molecule has 1 aromatic carbocycles. The van der Waals surface area contributed by atoms with Gasteiger partial charge in [0.05, 0.1) is 29.2 Å². The maximum Gasteiger partial charge on any atom is 0.254 e. The summed E-state index contributed by atoms with van der Waals surface area (Å²) >= 11 is 6.27. The fraction of sp³-hybridized carbons (Fsp3) is 0.500. The minimum atomic E-state index is -0.0686. The smallest absolute Gasteiger partial charge is 0.254 e. The number of halogens is 1. The van der Waals surface area contributed by atoms with Crippen LogP contribution in [0.25, 0.3) is 5.69 Å². The van der Waals surface area contributed by atoms with Crippen molar-refractivity contribution >= 4 is 17.5 Å². The lowest BCUT2D eigenvalue weighted by molar-refractivity contribution is 0.0757. The Morgan fingerprint density at radius 3 is 2.85 bits per heavy atom. The molecule has 1 saturated carbocycles. The number of hydrogen-bond donors (Lipinski definition) is 1. The number of nitrogens with one attached hydrogen (secondary N) is 1. The second-order valence-corrected chi connectivity index (χ2v) is 7.50. The molecule has 1 heterocycles. The Hall–Kier alpha value is -1.85. The van der Waals surface area contributed by atoms with E-state index in [9.17, 15) is 4.79 Å². The van der Waals surface area contributed by atoms with E-state index in [4.69, 9.17) is 16.3 Å². The van der Waals surface area contributed by atoms with E-state index in [-0.39, 0.29) is 12.0 Å². The van der Waals surface area contributed by atoms with Gasteiger partial charge < -0.3 is 10.1 Å². The van der Waals surface area contributed by atoms with Crippen molar-refractivity contribution in [2.24, 2.45) is 0 Å². The van der Waals surface area contributed by atoms with Crippen molar-refractivity contribution in [2.75, 3.05) is 13.2 Å². The molecule has 0 saturated heterocycles. The second-order valence-electron chi connectivity index (χ2n) is 7.09. The van der Waals surface area contributed by atoms with Crippen LogP contribution in [0.2, 0.25) is 5.02 Å². The molecule has 140 valence electrons. The van der Waals surface area contributed by atoms with Crippen LogP contribution in [0.1, 0.15) is 60.6 Å². The van der Waals surface area contributed by atoms with Gasteiger partial charge in [-0.15, -0.1) is 0 Å². The van der Waals surface area contributed by atoms with Crippen LogP contribution >= 0.6 is 11.6 Å². The summed E-state index contributed by atoms with van der Waals surface area (Å²) in [6, 6.07) is 5.87. The van der Waals surface area contributed by atoms with E-state index in [2.05, 4.69) is 10.4 Å². The lowest BCUT2D eigenvalue weighted by atomic mass is 10.1. The molecule has 2 aromatic rings. The fourth-order valence-corrected chi connectivity index (χ4v) is 3.06. The van der Waals surface area contributed by atoms with Crippen molar-refractivity contribution in [3.63, 3.8) is 0 Å². The van der Waals surface area contributed by atoms with Crippen LogP contribution in [0.3, 0.4) is 0 Å². The highest BCUT2D eigenvalue weighted by Crippen LogP contribution is 2.42. The van der Waals surface area contributed by atoms with E-state index in [0.29, 0.717) is 29.7 Å². The molecule has 3 rings (SSSR count). The van der Waals surface area contributed by atoms with Crippen molar-refractivity contribution in [3.05, 3.63) is 46.2 Å². The highest BCUT2D eigenvalue weighted by atomic mass is 35.5. The van der Waals surface area contributed by atoms with Gasteiger partial charge in [0.2, 0.25) is 0 Å². The zero-order valence-corrected chi connectivity index (χ0v) is 16.3. The SMILES string of the molecule is Cc1ccc(-n2ncc(C(=O)NCCCOC(C)C)c2C2CC2)cc1Cl. The molecule has 6 heteroatoms. The molecule has 0 radical (unpaired) electrons. The van der Waals surface area contributed by atoms with E-state index in [1.54, 1.807) is 6.20 Å². The quantitative estimate of drug-likeness (QED) is 0.701. The molecule has 5 nitrogen and oxygen atoms in total. The highest BCUT2D eigenvalue weighted by molar-refractivity contribution is 6.31. The topological polar surface area (TPSA) is 56.2 Å².